The molecular weight excluding hydrogens is 304 g/mol. The summed E-state index contributed by atoms with van der Waals surface area (Å²) in [5.41, 5.74) is 1.95. The van der Waals surface area contributed by atoms with Gasteiger partial charge < -0.3 is 10.2 Å². The topological polar surface area (TPSA) is 91.0 Å². The summed E-state index contributed by atoms with van der Waals surface area (Å²) in [6.07, 6.45) is 0. The number of rotatable bonds is 4. The Bertz CT molecular complexity index is 894. The smallest absolute Gasteiger partial charge is 0.177 e. The average Bonchev–Trinajstić information content (AvgIpc) is 2.56. The molecule has 0 spiro atoms. The van der Waals surface area contributed by atoms with E-state index in [-0.39, 0.29) is 18.0 Å². The third-order valence-electron chi connectivity index (χ3n) is 3.39. The number of aromatic nitrogens is 2. The molecule has 0 fully saturated rings. The standard InChI is InChI=1S/C18H16N4O2/c1-12-10-17(22-19-11-13-6-2-4-8-15(13)23)21-18(20-12)14-7-3-5-9-16(14)24/h2-10,23-24H,11H2,1H3. The number of hydrogen-bond donors (Lipinski definition) is 2. The lowest BCUT2D eigenvalue weighted by Gasteiger charge is -2.04. The number of aryl methyl sites for hydroxylation is 1. The lowest BCUT2D eigenvalue weighted by molar-refractivity contribution is 0.468. The fourth-order valence-electron chi connectivity index (χ4n) is 2.21. The Morgan fingerprint density at radius 3 is 2.38 bits per heavy atom. The van der Waals surface area contributed by atoms with Gasteiger partial charge in [-0.1, -0.05) is 30.3 Å². The molecule has 0 aliphatic carbocycles. The molecule has 0 saturated carbocycles. The third-order valence-corrected chi connectivity index (χ3v) is 3.39. The Morgan fingerprint density at radius 1 is 0.917 bits per heavy atom. The van der Waals surface area contributed by atoms with Crippen LogP contribution in [-0.2, 0) is 6.54 Å². The molecular formula is C18H16N4O2. The molecule has 1 aromatic heterocycles. The highest BCUT2D eigenvalue weighted by Gasteiger charge is 2.08. The number of benzene rings is 2. The van der Waals surface area contributed by atoms with Gasteiger partial charge in [0.2, 0.25) is 0 Å². The van der Waals surface area contributed by atoms with Crippen LogP contribution in [0.3, 0.4) is 0 Å². The molecule has 0 radical (unpaired) electrons. The van der Waals surface area contributed by atoms with E-state index in [0.29, 0.717) is 22.8 Å². The van der Waals surface area contributed by atoms with Gasteiger partial charge in [0.1, 0.15) is 11.5 Å². The summed E-state index contributed by atoms with van der Waals surface area (Å²) < 4.78 is 0. The highest BCUT2D eigenvalue weighted by atomic mass is 16.3. The van der Waals surface area contributed by atoms with E-state index in [1.54, 1.807) is 48.5 Å². The predicted octanol–water partition coefficient (Wildman–Crippen LogP) is 4.15. The summed E-state index contributed by atoms with van der Waals surface area (Å²) in [4.78, 5) is 8.66. The highest BCUT2D eigenvalue weighted by Crippen LogP contribution is 2.27. The Labute approximate surface area is 139 Å². The molecule has 2 aromatic carbocycles. The molecule has 6 heteroatoms. The van der Waals surface area contributed by atoms with Crippen molar-refractivity contribution in [3.05, 3.63) is 65.9 Å². The molecule has 0 bridgehead atoms. The van der Waals surface area contributed by atoms with Gasteiger partial charge in [0, 0.05) is 17.3 Å². The SMILES string of the molecule is Cc1cc(N=NCc2ccccc2O)nc(-c2ccccc2O)n1. The van der Waals surface area contributed by atoms with Crippen molar-refractivity contribution in [2.75, 3.05) is 0 Å². The first kappa shape index (κ1) is 15.6. The second-order valence-electron chi connectivity index (χ2n) is 5.24. The predicted molar refractivity (Wildman–Crippen MR) is 90.2 cm³/mol. The van der Waals surface area contributed by atoms with Gasteiger partial charge in [-0.15, -0.1) is 5.11 Å². The first-order chi connectivity index (χ1) is 11.6. The van der Waals surface area contributed by atoms with E-state index in [4.69, 9.17) is 0 Å². The first-order valence-electron chi connectivity index (χ1n) is 7.42. The van der Waals surface area contributed by atoms with Crippen LogP contribution in [0.5, 0.6) is 11.5 Å². The summed E-state index contributed by atoms with van der Waals surface area (Å²) in [5, 5.41) is 27.8. The molecule has 3 rings (SSSR count). The molecule has 0 aliphatic heterocycles. The number of nitrogens with zero attached hydrogens (tertiary/aromatic N) is 4. The van der Waals surface area contributed by atoms with E-state index in [0.717, 1.165) is 5.69 Å². The van der Waals surface area contributed by atoms with E-state index >= 15 is 0 Å². The van der Waals surface area contributed by atoms with Gasteiger partial charge in [-0.3, -0.25) is 0 Å². The van der Waals surface area contributed by atoms with Crippen molar-refractivity contribution >= 4 is 5.82 Å². The monoisotopic (exact) mass is 320 g/mol. The molecule has 0 aliphatic rings. The maximum Gasteiger partial charge on any atom is 0.177 e. The summed E-state index contributed by atoms with van der Waals surface area (Å²) in [6.45, 7) is 2.08. The number of para-hydroxylation sites is 2. The van der Waals surface area contributed by atoms with Crippen LogP contribution in [0, 0.1) is 6.92 Å². The Hall–Kier alpha value is -3.28. The van der Waals surface area contributed by atoms with Crippen molar-refractivity contribution in [1.82, 2.24) is 9.97 Å². The van der Waals surface area contributed by atoms with Crippen molar-refractivity contribution in [3.63, 3.8) is 0 Å². The highest BCUT2D eigenvalue weighted by molar-refractivity contribution is 5.64. The van der Waals surface area contributed by atoms with Crippen LogP contribution in [0.25, 0.3) is 11.4 Å². The second-order valence-corrected chi connectivity index (χ2v) is 5.24. The number of aromatic hydroxyl groups is 2. The molecule has 0 unspecified atom stereocenters. The molecule has 0 atom stereocenters. The minimum Gasteiger partial charge on any atom is -0.508 e. The zero-order chi connectivity index (χ0) is 16.9. The van der Waals surface area contributed by atoms with Crippen LogP contribution < -0.4 is 0 Å². The van der Waals surface area contributed by atoms with E-state index in [2.05, 4.69) is 20.2 Å². The van der Waals surface area contributed by atoms with Gasteiger partial charge in [-0.05, 0) is 25.1 Å². The van der Waals surface area contributed by atoms with Crippen molar-refractivity contribution in [1.29, 1.82) is 0 Å². The second kappa shape index (κ2) is 6.87. The van der Waals surface area contributed by atoms with Gasteiger partial charge >= 0.3 is 0 Å². The molecule has 1 heterocycles. The van der Waals surface area contributed by atoms with E-state index < -0.39 is 0 Å². The Kier molecular flexibility index (Phi) is 4.47. The zero-order valence-electron chi connectivity index (χ0n) is 13.1. The fraction of sp³-hybridized carbons (Fsp3) is 0.111. The van der Waals surface area contributed by atoms with Crippen molar-refractivity contribution in [2.24, 2.45) is 10.2 Å². The maximum atomic E-state index is 9.94. The first-order valence-corrected chi connectivity index (χ1v) is 7.42. The summed E-state index contributed by atoms with van der Waals surface area (Å²) >= 11 is 0. The Morgan fingerprint density at radius 2 is 1.62 bits per heavy atom. The van der Waals surface area contributed by atoms with Gasteiger partial charge in [-0.25, -0.2) is 9.97 Å². The molecule has 6 nitrogen and oxygen atoms in total. The minimum absolute atomic E-state index is 0.111. The lowest BCUT2D eigenvalue weighted by atomic mass is 10.2. The van der Waals surface area contributed by atoms with Gasteiger partial charge in [-0.2, -0.15) is 5.11 Å². The van der Waals surface area contributed by atoms with Crippen LogP contribution in [0.4, 0.5) is 5.82 Å². The minimum atomic E-state index is 0.111. The van der Waals surface area contributed by atoms with E-state index in [1.165, 1.54) is 0 Å². The van der Waals surface area contributed by atoms with Crippen molar-refractivity contribution in [3.8, 4) is 22.9 Å². The van der Waals surface area contributed by atoms with Crippen LogP contribution in [0.1, 0.15) is 11.3 Å². The van der Waals surface area contributed by atoms with Crippen molar-refractivity contribution in [2.45, 2.75) is 13.5 Å². The third kappa shape index (κ3) is 3.55. The number of phenols is 2. The number of phenolic OH excluding ortho intramolecular Hbond substituents is 2. The number of hydrogen-bond acceptors (Lipinski definition) is 6. The lowest BCUT2D eigenvalue weighted by Crippen LogP contribution is -1.92. The molecule has 3 aromatic rings. The fourth-order valence-corrected chi connectivity index (χ4v) is 2.21. The van der Waals surface area contributed by atoms with Gasteiger partial charge in [0.25, 0.3) is 0 Å². The quantitative estimate of drug-likeness (QED) is 0.707. The maximum absolute atomic E-state index is 9.94. The van der Waals surface area contributed by atoms with Crippen LogP contribution in [0.2, 0.25) is 0 Å². The van der Waals surface area contributed by atoms with Gasteiger partial charge in [0.05, 0.1) is 12.1 Å². The number of azo groups is 1. The van der Waals surface area contributed by atoms with E-state index in [1.807, 2.05) is 13.0 Å². The van der Waals surface area contributed by atoms with Crippen LogP contribution in [0.15, 0.2) is 64.8 Å². The Balaban J connectivity index is 1.86. The normalized spacial score (nSPS) is 11.0. The van der Waals surface area contributed by atoms with Crippen molar-refractivity contribution < 1.29 is 10.2 Å². The average molecular weight is 320 g/mol. The summed E-state index contributed by atoms with van der Waals surface area (Å²) in [7, 11) is 0. The van der Waals surface area contributed by atoms with E-state index in [9.17, 15) is 10.2 Å². The molecule has 0 saturated heterocycles. The molecule has 24 heavy (non-hydrogen) atoms. The zero-order valence-corrected chi connectivity index (χ0v) is 13.1. The molecule has 0 amide bonds. The van der Waals surface area contributed by atoms with Gasteiger partial charge in [0.15, 0.2) is 11.6 Å². The molecule has 120 valence electrons. The largest absolute Gasteiger partial charge is 0.508 e. The van der Waals surface area contributed by atoms with Crippen LogP contribution >= 0.6 is 0 Å². The summed E-state index contributed by atoms with van der Waals surface area (Å²) in [6, 6.07) is 15.5. The summed E-state index contributed by atoms with van der Waals surface area (Å²) in [5.74, 6) is 1.09. The molecule has 2 N–H and O–H groups in total. The van der Waals surface area contributed by atoms with Crippen LogP contribution in [-0.4, -0.2) is 20.2 Å².